The second kappa shape index (κ2) is 5.03. The molecule has 16 heavy (non-hydrogen) atoms. The summed E-state index contributed by atoms with van der Waals surface area (Å²) in [7, 11) is 0. The third-order valence-corrected chi connectivity index (χ3v) is 2.68. The average Bonchev–Trinajstić information content (AvgIpc) is 2.91. The summed E-state index contributed by atoms with van der Waals surface area (Å²) in [5.41, 5.74) is 2.31. The van der Waals surface area contributed by atoms with Crippen molar-refractivity contribution in [3.8, 4) is 0 Å². The van der Waals surface area contributed by atoms with E-state index in [1.54, 1.807) is 18.8 Å². The lowest BCUT2D eigenvalue weighted by molar-refractivity contribution is 0.513. The van der Waals surface area contributed by atoms with Crippen molar-refractivity contribution in [1.29, 1.82) is 0 Å². The zero-order valence-corrected chi connectivity index (χ0v) is 9.69. The maximum absolute atomic E-state index is 5.35. The van der Waals surface area contributed by atoms with E-state index in [0.717, 1.165) is 24.3 Å². The zero-order valence-electron chi connectivity index (χ0n) is 9.69. The minimum Gasteiger partial charge on any atom is -0.472 e. The van der Waals surface area contributed by atoms with Crippen molar-refractivity contribution < 1.29 is 8.83 Å². The Bertz CT molecular complexity index is 417. The lowest BCUT2D eigenvalue weighted by Gasteiger charge is -2.16. The molecule has 1 atom stereocenters. The fourth-order valence-corrected chi connectivity index (χ4v) is 1.83. The Balaban J connectivity index is 2.25. The molecular weight excluding hydrogens is 202 g/mol. The van der Waals surface area contributed by atoms with Gasteiger partial charge in [-0.2, -0.15) is 0 Å². The second-order valence-corrected chi connectivity index (χ2v) is 3.88. The van der Waals surface area contributed by atoms with Crippen molar-refractivity contribution in [3.05, 3.63) is 47.8 Å². The lowest BCUT2D eigenvalue weighted by atomic mass is 10.0. The Hall–Kier alpha value is -1.48. The predicted molar refractivity (Wildman–Crippen MR) is 62.3 cm³/mol. The normalized spacial score (nSPS) is 12.9. The average molecular weight is 219 g/mol. The van der Waals surface area contributed by atoms with Crippen molar-refractivity contribution in [3.63, 3.8) is 0 Å². The molecule has 0 bridgehead atoms. The first kappa shape index (κ1) is 11.0. The molecule has 2 rings (SSSR count). The number of aryl methyl sites for hydroxylation is 1. The van der Waals surface area contributed by atoms with Crippen LogP contribution in [0.5, 0.6) is 0 Å². The Morgan fingerprint density at radius 1 is 1.31 bits per heavy atom. The van der Waals surface area contributed by atoms with E-state index >= 15 is 0 Å². The summed E-state index contributed by atoms with van der Waals surface area (Å²) in [6.45, 7) is 5.11. The van der Waals surface area contributed by atoms with Crippen LogP contribution in [-0.2, 0) is 0 Å². The summed E-state index contributed by atoms with van der Waals surface area (Å²) >= 11 is 0. The van der Waals surface area contributed by atoms with Crippen LogP contribution < -0.4 is 5.32 Å². The van der Waals surface area contributed by atoms with E-state index in [0.29, 0.717) is 0 Å². The van der Waals surface area contributed by atoms with Crippen LogP contribution in [-0.4, -0.2) is 6.54 Å². The van der Waals surface area contributed by atoms with Crippen molar-refractivity contribution in [2.24, 2.45) is 0 Å². The van der Waals surface area contributed by atoms with E-state index in [1.165, 1.54) is 5.56 Å². The SMILES string of the molecule is CCCNC(c1ccoc1)c1ccoc1C. The van der Waals surface area contributed by atoms with Gasteiger partial charge >= 0.3 is 0 Å². The van der Waals surface area contributed by atoms with Gasteiger partial charge in [0.15, 0.2) is 0 Å². The molecule has 3 nitrogen and oxygen atoms in total. The zero-order chi connectivity index (χ0) is 11.4. The van der Waals surface area contributed by atoms with Crippen LogP contribution in [0.4, 0.5) is 0 Å². The Labute approximate surface area is 95.5 Å². The molecule has 2 aromatic rings. The number of hydrogen-bond donors (Lipinski definition) is 1. The third-order valence-electron chi connectivity index (χ3n) is 2.68. The predicted octanol–water partition coefficient (Wildman–Crippen LogP) is 3.27. The summed E-state index contributed by atoms with van der Waals surface area (Å²) in [4.78, 5) is 0. The maximum Gasteiger partial charge on any atom is 0.105 e. The summed E-state index contributed by atoms with van der Waals surface area (Å²) in [5.74, 6) is 0.954. The topological polar surface area (TPSA) is 38.3 Å². The molecule has 2 heterocycles. The number of furan rings is 2. The Morgan fingerprint density at radius 3 is 2.75 bits per heavy atom. The minimum absolute atomic E-state index is 0.164. The highest BCUT2D eigenvalue weighted by Gasteiger charge is 2.17. The largest absolute Gasteiger partial charge is 0.472 e. The summed E-state index contributed by atoms with van der Waals surface area (Å²) in [6.07, 6.45) is 6.31. The van der Waals surface area contributed by atoms with Crippen LogP contribution in [0.3, 0.4) is 0 Å². The Morgan fingerprint density at radius 2 is 2.19 bits per heavy atom. The molecule has 86 valence electrons. The summed E-state index contributed by atoms with van der Waals surface area (Å²) in [6, 6.07) is 4.16. The first-order chi connectivity index (χ1) is 7.83. The lowest BCUT2D eigenvalue weighted by Crippen LogP contribution is -2.22. The van der Waals surface area contributed by atoms with Crippen LogP contribution in [0, 0.1) is 6.92 Å². The molecule has 0 aliphatic rings. The molecule has 0 saturated heterocycles. The molecule has 0 aromatic carbocycles. The minimum atomic E-state index is 0.164. The number of hydrogen-bond acceptors (Lipinski definition) is 3. The van der Waals surface area contributed by atoms with Gasteiger partial charge in [-0.15, -0.1) is 0 Å². The van der Waals surface area contributed by atoms with Crippen LogP contribution in [0.25, 0.3) is 0 Å². The maximum atomic E-state index is 5.35. The van der Waals surface area contributed by atoms with Crippen LogP contribution in [0.15, 0.2) is 39.8 Å². The van der Waals surface area contributed by atoms with Gasteiger partial charge < -0.3 is 14.2 Å². The van der Waals surface area contributed by atoms with Gasteiger partial charge in [-0.3, -0.25) is 0 Å². The van der Waals surface area contributed by atoms with Gasteiger partial charge in [0.1, 0.15) is 5.76 Å². The molecule has 2 aromatic heterocycles. The number of rotatable bonds is 5. The molecule has 0 amide bonds. The highest BCUT2D eigenvalue weighted by Crippen LogP contribution is 2.25. The monoisotopic (exact) mass is 219 g/mol. The molecule has 1 N–H and O–H groups in total. The van der Waals surface area contributed by atoms with Gasteiger partial charge in [-0.1, -0.05) is 6.92 Å². The van der Waals surface area contributed by atoms with Crippen LogP contribution >= 0.6 is 0 Å². The van der Waals surface area contributed by atoms with Gasteiger partial charge in [-0.05, 0) is 32.0 Å². The summed E-state index contributed by atoms with van der Waals surface area (Å²) in [5, 5.41) is 3.50. The first-order valence-corrected chi connectivity index (χ1v) is 5.62. The third kappa shape index (κ3) is 2.19. The quantitative estimate of drug-likeness (QED) is 0.838. The van der Waals surface area contributed by atoms with Gasteiger partial charge in [-0.25, -0.2) is 0 Å². The highest BCUT2D eigenvalue weighted by atomic mass is 16.3. The van der Waals surface area contributed by atoms with Crippen LogP contribution in [0.2, 0.25) is 0 Å². The molecule has 0 aliphatic carbocycles. The van der Waals surface area contributed by atoms with E-state index in [2.05, 4.69) is 12.2 Å². The van der Waals surface area contributed by atoms with Gasteiger partial charge in [0.05, 0.1) is 24.8 Å². The van der Waals surface area contributed by atoms with E-state index < -0.39 is 0 Å². The molecule has 1 unspecified atom stereocenters. The standard InChI is InChI=1S/C13H17NO2/c1-3-6-14-13(11-4-7-15-9-11)12-5-8-16-10(12)2/h4-5,7-9,13-14H,3,6H2,1-2H3. The Kier molecular flexibility index (Phi) is 3.47. The molecule has 0 aliphatic heterocycles. The number of nitrogens with one attached hydrogen (secondary N) is 1. The summed E-state index contributed by atoms with van der Waals surface area (Å²) < 4.78 is 10.5. The highest BCUT2D eigenvalue weighted by molar-refractivity contribution is 5.30. The first-order valence-electron chi connectivity index (χ1n) is 5.62. The van der Waals surface area contributed by atoms with Gasteiger partial charge in [0, 0.05) is 11.1 Å². The van der Waals surface area contributed by atoms with Crippen LogP contribution in [0.1, 0.15) is 36.3 Å². The molecular formula is C13H17NO2. The molecule has 0 saturated carbocycles. The molecule has 3 heteroatoms. The fourth-order valence-electron chi connectivity index (χ4n) is 1.83. The molecule has 0 fully saturated rings. The van der Waals surface area contributed by atoms with Crippen molar-refractivity contribution in [1.82, 2.24) is 5.32 Å². The molecule has 0 radical (unpaired) electrons. The molecule has 0 spiro atoms. The fraction of sp³-hybridized carbons (Fsp3) is 0.385. The van der Waals surface area contributed by atoms with E-state index in [4.69, 9.17) is 8.83 Å². The van der Waals surface area contributed by atoms with Crippen molar-refractivity contribution in [2.45, 2.75) is 26.3 Å². The van der Waals surface area contributed by atoms with Gasteiger partial charge in [0.2, 0.25) is 0 Å². The second-order valence-electron chi connectivity index (χ2n) is 3.88. The smallest absolute Gasteiger partial charge is 0.105 e. The van der Waals surface area contributed by atoms with Crippen molar-refractivity contribution in [2.75, 3.05) is 6.54 Å². The van der Waals surface area contributed by atoms with Crippen molar-refractivity contribution >= 4 is 0 Å². The van der Waals surface area contributed by atoms with E-state index in [1.807, 2.05) is 19.1 Å². The van der Waals surface area contributed by atoms with E-state index in [-0.39, 0.29) is 6.04 Å². The van der Waals surface area contributed by atoms with E-state index in [9.17, 15) is 0 Å². The van der Waals surface area contributed by atoms with Gasteiger partial charge in [0.25, 0.3) is 0 Å².